The van der Waals surface area contributed by atoms with E-state index in [2.05, 4.69) is 0 Å². The Kier molecular flexibility index (Phi) is 6.49. The molecule has 0 saturated carbocycles. The van der Waals surface area contributed by atoms with Gasteiger partial charge in [-0.1, -0.05) is 30.3 Å². The first-order chi connectivity index (χ1) is 12.8. The largest absolute Gasteiger partial charge is 0.496 e. The van der Waals surface area contributed by atoms with Crippen LogP contribution in [0.15, 0.2) is 42.5 Å². The van der Waals surface area contributed by atoms with E-state index in [0.717, 1.165) is 0 Å². The maximum atomic E-state index is 12.3. The Morgan fingerprint density at radius 3 is 2.07 bits per heavy atom. The van der Waals surface area contributed by atoms with Crippen molar-refractivity contribution in [3.63, 3.8) is 0 Å². The molecule has 140 valence electrons. The molecule has 6 nitrogen and oxygen atoms in total. The van der Waals surface area contributed by atoms with Crippen molar-refractivity contribution in [3.8, 4) is 17.2 Å². The van der Waals surface area contributed by atoms with Gasteiger partial charge < -0.3 is 14.2 Å². The number of rotatable bonds is 6. The average Bonchev–Trinajstić information content (AvgIpc) is 2.62. The zero-order chi connectivity index (χ0) is 20.0. The molecule has 0 spiro atoms. The van der Waals surface area contributed by atoms with Gasteiger partial charge in [0.15, 0.2) is 5.78 Å². The molecule has 0 aliphatic carbocycles. The van der Waals surface area contributed by atoms with Gasteiger partial charge in [-0.3, -0.25) is 14.4 Å². The summed E-state index contributed by atoms with van der Waals surface area (Å²) >= 11 is 0. The fraction of sp³-hybridized carbons (Fsp3) is 0.190. The third kappa shape index (κ3) is 5.04. The second-order valence-electron chi connectivity index (χ2n) is 5.70. The Morgan fingerprint density at radius 1 is 0.926 bits per heavy atom. The lowest BCUT2D eigenvalue weighted by Gasteiger charge is -2.16. The topological polar surface area (TPSA) is 78.9 Å². The molecule has 2 aromatic rings. The molecular weight excluding hydrogens is 348 g/mol. The van der Waals surface area contributed by atoms with Crippen LogP contribution in [-0.4, -0.2) is 24.8 Å². The van der Waals surface area contributed by atoms with E-state index in [0.29, 0.717) is 22.4 Å². The van der Waals surface area contributed by atoms with E-state index < -0.39 is 11.9 Å². The van der Waals surface area contributed by atoms with Crippen molar-refractivity contribution in [1.29, 1.82) is 0 Å². The average molecular weight is 368 g/mol. The molecule has 0 aliphatic rings. The van der Waals surface area contributed by atoms with Crippen LogP contribution in [0.1, 0.15) is 35.3 Å². The first-order valence-electron chi connectivity index (χ1n) is 8.19. The lowest BCUT2D eigenvalue weighted by Crippen LogP contribution is -2.08. The minimum atomic E-state index is -0.557. The van der Waals surface area contributed by atoms with Gasteiger partial charge in [0.1, 0.15) is 17.2 Å². The van der Waals surface area contributed by atoms with E-state index in [1.54, 1.807) is 31.2 Å². The van der Waals surface area contributed by atoms with Gasteiger partial charge in [-0.2, -0.15) is 0 Å². The summed E-state index contributed by atoms with van der Waals surface area (Å²) in [6.45, 7) is 4.22. The Balaban J connectivity index is 2.53. The Bertz CT molecular complexity index is 897. The van der Waals surface area contributed by atoms with Crippen LogP contribution in [0.5, 0.6) is 17.2 Å². The second kappa shape index (κ2) is 8.80. The van der Waals surface area contributed by atoms with Crippen LogP contribution in [0, 0.1) is 6.92 Å². The van der Waals surface area contributed by atoms with Gasteiger partial charge in [0, 0.05) is 31.0 Å². The van der Waals surface area contributed by atoms with Crippen molar-refractivity contribution in [2.24, 2.45) is 0 Å². The van der Waals surface area contributed by atoms with Gasteiger partial charge in [0.05, 0.1) is 12.7 Å². The third-order valence-corrected chi connectivity index (χ3v) is 3.65. The summed E-state index contributed by atoms with van der Waals surface area (Å²) in [7, 11) is 1.44. The molecule has 0 unspecified atom stereocenters. The number of benzene rings is 2. The lowest BCUT2D eigenvalue weighted by molar-refractivity contribution is -0.132. The van der Waals surface area contributed by atoms with Crippen LogP contribution in [0.2, 0.25) is 0 Å². The molecule has 0 radical (unpaired) electrons. The number of allylic oxidation sites excluding steroid dienone is 1. The van der Waals surface area contributed by atoms with Crippen molar-refractivity contribution in [2.45, 2.75) is 20.8 Å². The van der Waals surface area contributed by atoms with Crippen LogP contribution >= 0.6 is 0 Å². The summed E-state index contributed by atoms with van der Waals surface area (Å²) in [6, 6.07) is 10.2. The van der Waals surface area contributed by atoms with Crippen molar-refractivity contribution >= 4 is 23.8 Å². The van der Waals surface area contributed by atoms with Crippen LogP contribution in [0.25, 0.3) is 6.08 Å². The number of carbonyl (C=O) groups is 3. The van der Waals surface area contributed by atoms with Gasteiger partial charge in [0.2, 0.25) is 0 Å². The molecule has 0 amide bonds. The maximum Gasteiger partial charge on any atom is 0.308 e. The molecule has 0 bridgehead atoms. The summed E-state index contributed by atoms with van der Waals surface area (Å²) in [5.74, 6) is -0.620. The fourth-order valence-corrected chi connectivity index (χ4v) is 2.51. The SMILES string of the molecule is COc1c(C)c(OC(C)=O)cc(OC(C)=O)c1C=CC(=O)c1ccccc1. The number of methoxy groups -OCH3 is 1. The minimum Gasteiger partial charge on any atom is -0.496 e. The van der Waals surface area contributed by atoms with E-state index >= 15 is 0 Å². The molecule has 0 saturated heterocycles. The number of ether oxygens (including phenoxy) is 3. The highest BCUT2D eigenvalue weighted by atomic mass is 16.5. The van der Waals surface area contributed by atoms with Crippen molar-refractivity contribution in [2.75, 3.05) is 7.11 Å². The molecule has 0 atom stereocenters. The Morgan fingerprint density at radius 2 is 1.52 bits per heavy atom. The summed E-state index contributed by atoms with van der Waals surface area (Å²) in [4.78, 5) is 35.2. The van der Waals surface area contributed by atoms with E-state index in [9.17, 15) is 14.4 Å². The summed E-state index contributed by atoms with van der Waals surface area (Å²) in [5, 5.41) is 0. The number of hydrogen-bond donors (Lipinski definition) is 0. The fourth-order valence-electron chi connectivity index (χ4n) is 2.51. The van der Waals surface area contributed by atoms with Gasteiger partial charge in [0.25, 0.3) is 0 Å². The normalized spacial score (nSPS) is 10.5. The van der Waals surface area contributed by atoms with Crippen LogP contribution in [0.4, 0.5) is 0 Å². The quantitative estimate of drug-likeness (QED) is 0.334. The van der Waals surface area contributed by atoms with Crippen LogP contribution < -0.4 is 14.2 Å². The van der Waals surface area contributed by atoms with E-state index in [-0.39, 0.29) is 17.3 Å². The first-order valence-corrected chi connectivity index (χ1v) is 8.19. The number of carbonyl (C=O) groups excluding carboxylic acids is 3. The molecule has 2 aromatic carbocycles. The molecule has 2 rings (SSSR count). The smallest absolute Gasteiger partial charge is 0.308 e. The standard InChI is InChI=1S/C21H20O6/c1-13-19(26-14(2)22)12-20(27-15(3)23)17(21(13)25-4)10-11-18(24)16-8-6-5-7-9-16/h5-12H,1-4H3. The summed E-state index contributed by atoms with van der Waals surface area (Å²) < 4.78 is 15.8. The molecule has 0 N–H and O–H groups in total. The predicted molar refractivity (Wildman–Crippen MR) is 100 cm³/mol. The number of ketones is 1. The summed E-state index contributed by atoms with van der Waals surface area (Å²) in [6.07, 6.45) is 2.88. The molecule has 0 heterocycles. The van der Waals surface area contributed by atoms with Crippen LogP contribution in [0.3, 0.4) is 0 Å². The Hall–Kier alpha value is -3.41. The number of hydrogen-bond acceptors (Lipinski definition) is 6. The second-order valence-corrected chi connectivity index (χ2v) is 5.70. The molecular formula is C21H20O6. The van der Waals surface area contributed by atoms with Crippen molar-refractivity contribution < 1.29 is 28.6 Å². The third-order valence-electron chi connectivity index (χ3n) is 3.65. The monoisotopic (exact) mass is 368 g/mol. The molecule has 0 aromatic heterocycles. The van der Waals surface area contributed by atoms with E-state index in [1.807, 2.05) is 6.07 Å². The highest BCUT2D eigenvalue weighted by Gasteiger charge is 2.19. The zero-order valence-electron chi connectivity index (χ0n) is 15.6. The highest BCUT2D eigenvalue weighted by Crippen LogP contribution is 2.40. The van der Waals surface area contributed by atoms with E-state index in [1.165, 1.54) is 39.2 Å². The number of esters is 2. The maximum absolute atomic E-state index is 12.3. The van der Waals surface area contributed by atoms with Gasteiger partial charge >= 0.3 is 11.9 Å². The van der Waals surface area contributed by atoms with Crippen molar-refractivity contribution in [1.82, 2.24) is 0 Å². The van der Waals surface area contributed by atoms with Gasteiger partial charge in [-0.05, 0) is 19.1 Å². The van der Waals surface area contributed by atoms with Gasteiger partial charge in [-0.15, -0.1) is 0 Å². The minimum absolute atomic E-state index is 0.123. The highest BCUT2D eigenvalue weighted by molar-refractivity contribution is 6.07. The Labute approximate surface area is 157 Å². The molecule has 0 fully saturated rings. The summed E-state index contributed by atoms with van der Waals surface area (Å²) in [5.41, 5.74) is 1.45. The predicted octanol–water partition coefficient (Wildman–Crippen LogP) is 3.75. The molecule has 27 heavy (non-hydrogen) atoms. The first kappa shape index (κ1) is 19.9. The molecule has 0 aliphatic heterocycles. The van der Waals surface area contributed by atoms with Crippen molar-refractivity contribution in [3.05, 3.63) is 59.2 Å². The van der Waals surface area contributed by atoms with Gasteiger partial charge in [-0.25, -0.2) is 0 Å². The zero-order valence-corrected chi connectivity index (χ0v) is 15.6. The lowest BCUT2D eigenvalue weighted by atomic mass is 10.0. The van der Waals surface area contributed by atoms with E-state index in [4.69, 9.17) is 14.2 Å². The van der Waals surface area contributed by atoms with Crippen LogP contribution in [-0.2, 0) is 9.59 Å². The molecule has 6 heteroatoms.